The van der Waals surface area contributed by atoms with Crippen LogP contribution in [0, 0.1) is 50.2 Å². The number of carbonyl (C=O) groups excluding carboxylic acids is 1. The number of β-amino-alcohol motifs (C(OH)–C–C–N with tert-alkyl or cyclic N) is 1. The van der Waals surface area contributed by atoms with Gasteiger partial charge in [-0.1, -0.05) is 60.1 Å². The molecule has 5 aliphatic carbocycles. The van der Waals surface area contributed by atoms with Crippen molar-refractivity contribution in [3.05, 3.63) is 11.6 Å². The molecule has 4 saturated carbocycles. The highest BCUT2D eigenvalue weighted by molar-refractivity contribution is 5.85. The van der Waals surface area contributed by atoms with Gasteiger partial charge >= 0.3 is 0 Å². The van der Waals surface area contributed by atoms with Gasteiger partial charge in [-0.25, -0.2) is 0 Å². The predicted molar refractivity (Wildman–Crippen MR) is 148 cm³/mol. The molecule has 0 bridgehead atoms. The van der Waals surface area contributed by atoms with Crippen molar-refractivity contribution in [3.8, 4) is 0 Å². The lowest BCUT2D eigenvalue weighted by Crippen LogP contribution is -2.66. The standard InChI is InChI=1S/C33H53NO3/c1-28(2)14-16-33(27(37)34-19-21(35)20-34)17-15-31(6)22(23(33)18-28)8-9-25-30(5)12-11-26(36)29(3,4)24(30)10-13-32(25,31)7/h8,21,23-26,35-36H,9-20H2,1-7H3/t23-,24-,25+,26-,30-,31+,32+,33-/m0/s1. The molecule has 1 amide bonds. The summed E-state index contributed by atoms with van der Waals surface area (Å²) in [5, 5.41) is 21.0. The SMILES string of the molecule is CC1(C)CC[C@]2(C(=O)N3CC(O)C3)CC[C@]3(C)C(=CC[C@@H]4[C@@]5(C)CC[C@H](O)C(C)(C)[C@@H]5CC[C@]43C)[C@@H]2C1. The molecule has 1 heterocycles. The summed E-state index contributed by atoms with van der Waals surface area (Å²) < 4.78 is 0. The van der Waals surface area contributed by atoms with Gasteiger partial charge in [-0.2, -0.15) is 0 Å². The molecule has 6 rings (SSSR count). The quantitative estimate of drug-likeness (QED) is 0.403. The van der Waals surface area contributed by atoms with Gasteiger partial charge in [0.1, 0.15) is 0 Å². The molecule has 0 aromatic heterocycles. The summed E-state index contributed by atoms with van der Waals surface area (Å²) in [7, 11) is 0. The number of likely N-dealkylation sites (tertiary alicyclic amines) is 1. The number of hydrogen-bond acceptors (Lipinski definition) is 3. The van der Waals surface area contributed by atoms with Crippen molar-refractivity contribution in [2.75, 3.05) is 13.1 Å². The van der Waals surface area contributed by atoms with Crippen LogP contribution in [0.1, 0.15) is 113 Å². The summed E-state index contributed by atoms with van der Waals surface area (Å²) in [6.07, 6.45) is 13.1. The van der Waals surface area contributed by atoms with Gasteiger partial charge in [0.25, 0.3) is 0 Å². The molecule has 6 aliphatic rings. The van der Waals surface area contributed by atoms with E-state index in [-0.39, 0.29) is 44.7 Å². The van der Waals surface area contributed by atoms with Crippen molar-refractivity contribution < 1.29 is 15.0 Å². The molecule has 1 aliphatic heterocycles. The maximum Gasteiger partial charge on any atom is 0.229 e. The third kappa shape index (κ3) is 3.30. The smallest absolute Gasteiger partial charge is 0.229 e. The summed E-state index contributed by atoms with van der Waals surface area (Å²) >= 11 is 0. The number of hydrogen-bond donors (Lipinski definition) is 2. The van der Waals surface area contributed by atoms with Crippen molar-refractivity contribution in [1.29, 1.82) is 0 Å². The number of aliphatic hydroxyl groups is 2. The highest BCUT2D eigenvalue weighted by atomic mass is 16.3. The van der Waals surface area contributed by atoms with Crippen molar-refractivity contribution >= 4 is 5.91 Å². The molecular weight excluding hydrogens is 458 g/mol. The molecule has 4 heteroatoms. The number of carbonyl (C=O) groups is 1. The van der Waals surface area contributed by atoms with Gasteiger partial charge in [0.05, 0.1) is 17.6 Å². The van der Waals surface area contributed by atoms with Crippen LogP contribution in [-0.2, 0) is 4.79 Å². The van der Waals surface area contributed by atoms with Gasteiger partial charge in [-0.15, -0.1) is 0 Å². The van der Waals surface area contributed by atoms with Crippen molar-refractivity contribution in [2.24, 2.45) is 50.2 Å². The molecule has 37 heavy (non-hydrogen) atoms. The Morgan fingerprint density at radius 1 is 0.865 bits per heavy atom. The van der Waals surface area contributed by atoms with Crippen molar-refractivity contribution in [3.63, 3.8) is 0 Å². The number of amides is 1. The van der Waals surface area contributed by atoms with Crippen LogP contribution < -0.4 is 0 Å². The van der Waals surface area contributed by atoms with Crippen LogP contribution in [0.5, 0.6) is 0 Å². The van der Waals surface area contributed by atoms with Crippen LogP contribution in [0.3, 0.4) is 0 Å². The minimum absolute atomic E-state index is 0.0253. The Morgan fingerprint density at radius 2 is 1.54 bits per heavy atom. The van der Waals surface area contributed by atoms with Gasteiger partial charge in [0.2, 0.25) is 5.91 Å². The first-order valence-corrected chi connectivity index (χ1v) is 15.5. The van der Waals surface area contributed by atoms with E-state index in [4.69, 9.17) is 0 Å². The predicted octanol–water partition coefficient (Wildman–Crippen LogP) is 6.35. The Hall–Kier alpha value is -0.870. The molecule has 2 N–H and O–H groups in total. The summed E-state index contributed by atoms with van der Waals surface area (Å²) in [4.78, 5) is 16.1. The Labute approximate surface area is 225 Å². The van der Waals surface area contributed by atoms with Gasteiger partial charge in [-0.05, 0) is 109 Å². The molecule has 4 nitrogen and oxygen atoms in total. The molecule has 0 spiro atoms. The summed E-state index contributed by atoms with van der Waals surface area (Å²) in [5.74, 6) is 1.86. The third-order valence-electron chi connectivity index (χ3n) is 14.2. The Morgan fingerprint density at radius 3 is 2.22 bits per heavy atom. The van der Waals surface area contributed by atoms with Crippen LogP contribution in [0.2, 0.25) is 0 Å². The number of nitrogens with zero attached hydrogens (tertiary/aromatic N) is 1. The molecular formula is C33H53NO3. The molecule has 5 fully saturated rings. The maximum absolute atomic E-state index is 14.1. The lowest BCUT2D eigenvalue weighted by Gasteiger charge is -2.71. The first-order chi connectivity index (χ1) is 17.1. The van der Waals surface area contributed by atoms with Crippen LogP contribution in [0.25, 0.3) is 0 Å². The zero-order valence-corrected chi connectivity index (χ0v) is 24.7. The normalized spacial score (nSPS) is 50.5. The van der Waals surface area contributed by atoms with Gasteiger partial charge in [0, 0.05) is 13.1 Å². The number of aliphatic hydroxyl groups excluding tert-OH is 2. The zero-order valence-electron chi connectivity index (χ0n) is 24.7. The fourth-order valence-electron chi connectivity index (χ4n) is 11.6. The minimum Gasteiger partial charge on any atom is -0.393 e. The zero-order chi connectivity index (χ0) is 26.8. The lowest BCUT2D eigenvalue weighted by molar-refractivity contribution is -0.205. The van der Waals surface area contributed by atoms with E-state index in [0.717, 1.165) is 51.4 Å². The number of rotatable bonds is 1. The Bertz CT molecular complexity index is 1010. The average Bonchev–Trinajstić information content (AvgIpc) is 2.79. The summed E-state index contributed by atoms with van der Waals surface area (Å²) in [6.45, 7) is 18.3. The molecule has 0 radical (unpaired) electrons. The lowest BCUT2D eigenvalue weighted by atomic mass is 9.33. The highest BCUT2D eigenvalue weighted by Crippen LogP contribution is 2.75. The number of fused-ring (bicyclic) bond motifs is 7. The third-order valence-corrected chi connectivity index (χ3v) is 14.2. The second-order valence-corrected chi connectivity index (χ2v) is 16.6. The highest BCUT2D eigenvalue weighted by Gasteiger charge is 2.69. The van der Waals surface area contributed by atoms with Gasteiger partial charge < -0.3 is 15.1 Å². The summed E-state index contributed by atoms with van der Waals surface area (Å²) in [5.41, 5.74) is 2.18. The van der Waals surface area contributed by atoms with Crippen molar-refractivity contribution in [2.45, 2.75) is 125 Å². The van der Waals surface area contributed by atoms with E-state index < -0.39 is 0 Å². The second kappa shape index (κ2) is 7.87. The van der Waals surface area contributed by atoms with Gasteiger partial charge in [0.15, 0.2) is 0 Å². The number of allylic oxidation sites excluding steroid dienone is 2. The largest absolute Gasteiger partial charge is 0.393 e. The van der Waals surface area contributed by atoms with Crippen LogP contribution >= 0.6 is 0 Å². The molecule has 208 valence electrons. The fraction of sp³-hybridized carbons (Fsp3) is 0.909. The summed E-state index contributed by atoms with van der Waals surface area (Å²) in [6, 6.07) is 0. The molecule has 1 saturated heterocycles. The van der Waals surface area contributed by atoms with Gasteiger partial charge in [-0.3, -0.25) is 4.79 Å². The molecule has 0 aromatic rings. The second-order valence-electron chi connectivity index (χ2n) is 16.6. The molecule has 0 aromatic carbocycles. The van der Waals surface area contributed by atoms with E-state index in [1.807, 2.05) is 4.90 Å². The van der Waals surface area contributed by atoms with E-state index >= 15 is 0 Å². The van der Waals surface area contributed by atoms with Crippen LogP contribution in [-0.4, -0.2) is 46.3 Å². The topological polar surface area (TPSA) is 60.8 Å². The monoisotopic (exact) mass is 511 g/mol. The Kier molecular flexibility index (Phi) is 5.60. The first-order valence-electron chi connectivity index (χ1n) is 15.5. The van der Waals surface area contributed by atoms with E-state index in [2.05, 4.69) is 54.5 Å². The van der Waals surface area contributed by atoms with Crippen molar-refractivity contribution in [1.82, 2.24) is 4.90 Å². The van der Waals surface area contributed by atoms with E-state index in [1.165, 1.54) is 12.8 Å². The molecule has 8 atom stereocenters. The minimum atomic E-state index is -0.338. The van der Waals surface area contributed by atoms with E-state index in [0.29, 0.717) is 36.8 Å². The van der Waals surface area contributed by atoms with Crippen LogP contribution in [0.4, 0.5) is 0 Å². The van der Waals surface area contributed by atoms with E-state index in [1.54, 1.807) is 5.57 Å². The average molecular weight is 512 g/mol. The first kappa shape index (κ1) is 26.4. The van der Waals surface area contributed by atoms with E-state index in [9.17, 15) is 15.0 Å². The maximum atomic E-state index is 14.1. The van der Waals surface area contributed by atoms with Crippen LogP contribution in [0.15, 0.2) is 11.6 Å². The Balaban J connectivity index is 1.41. The molecule has 0 unspecified atom stereocenters. The fourth-order valence-corrected chi connectivity index (χ4v) is 11.6.